The topological polar surface area (TPSA) is 122 Å². The molecule has 0 spiro atoms. The van der Waals surface area contributed by atoms with E-state index in [4.69, 9.17) is 0 Å². The number of rotatable bonds is 10. The van der Waals surface area contributed by atoms with E-state index in [1.807, 2.05) is 66.7 Å². The number of hydrogen-bond donors (Lipinski definition) is 3. The molecule has 1 amide bonds. The number of nitrogens with zero attached hydrogens (tertiary/aromatic N) is 4. The van der Waals surface area contributed by atoms with Crippen LogP contribution < -0.4 is 10.6 Å². The van der Waals surface area contributed by atoms with Crippen LogP contribution in [0.25, 0.3) is 17.1 Å². The van der Waals surface area contributed by atoms with Gasteiger partial charge in [0.05, 0.1) is 23.6 Å². The van der Waals surface area contributed by atoms with Gasteiger partial charge in [-0.1, -0.05) is 60.7 Å². The molecule has 0 bridgehead atoms. The SMILES string of the molecule is O=C(NC1CC1)C(=O)C(Cc1ccccc1)NC(O)c1cncn1-c1ccc(-c2ccccc2)nn1. The molecule has 5 rings (SSSR count). The van der Waals surface area contributed by atoms with E-state index in [-0.39, 0.29) is 12.5 Å². The summed E-state index contributed by atoms with van der Waals surface area (Å²) >= 11 is 0. The van der Waals surface area contributed by atoms with Crippen LogP contribution in [-0.2, 0) is 16.0 Å². The Bertz CT molecular complexity index is 1320. The highest BCUT2D eigenvalue weighted by molar-refractivity contribution is 6.38. The molecule has 0 aliphatic heterocycles. The Balaban J connectivity index is 1.35. The summed E-state index contributed by atoms with van der Waals surface area (Å²) in [5.74, 6) is -0.808. The van der Waals surface area contributed by atoms with Crippen LogP contribution in [0.15, 0.2) is 85.3 Å². The van der Waals surface area contributed by atoms with Crippen molar-refractivity contribution in [1.29, 1.82) is 0 Å². The lowest BCUT2D eigenvalue weighted by molar-refractivity contribution is -0.139. The van der Waals surface area contributed by atoms with Crippen LogP contribution in [0.2, 0.25) is 0 Å². The molecule has 1 aliphatic rings. The van der Waals surface area contributed by atoms with Crippen LogP contribution in [0.4, 0.5) is 0 Å². The zero-order chi connectivity index (χ0) is 24.9. The fraction of sp³-hybridized carbons (Fsp3) is 0.222. The van der Waals surface area contributed by atoms with Crippen LogP contribution in [0, 0.1) is 0 Å². The second kappa shape index (κ2) is 10.6. The van der Waals surface area contributed by atoms with Crippen LogP contribution in [0.1, 0.15) is 30.3 Å². The molecule has 1 aliphatic carbocycles. The van der Waals surface area contributed by atoms with Gasteiger partial charge in [-0.25, -0.2) is 4.98 Å². The molecule has 0 radical (unpaired) electrons. The van der Waals surface area contributed by atoms with Gasteiger partial charge in [-0.3, -0.25) is 19.5 Å². The minimum absolute atomic E-state index is 0.0580. The van der Waals surface area contributed by atoms with Crippen molar-refractivity contribution in [1.82, 2.24) is 30.4 Å². The highest BCUT2D eigenvalue weighted by Gasteiger charge is 2.32. The number of imidazole rings is 1. The van der Waals surface area contributed by atoms with Gasteiger partial charge in [-0.15, -0.1) is 10.2 Å². The van der Waals surface area contributed by atoms with Crippen LogP contribution in [0.5, 0.6) is 0 Å². The Kier molecular flexibility index (Phi) is 6.92. The molecule has 3 N–H and O–H groups in total. The van der Waals surface area contributed by atoms with Gasteiger partial charge in [-0.2, -0.15) is 0 Å². The first-order valence-electron chi connectivity index (χ1n) is 11.8. The van der Waals surface area contributed by atoms with Crippen molar-refractivity contribution < 1.29 is 14.7 Å². The number of ketones is 1. The fourth-order valence-electron chi connectivity index (χ4n) is 3.91. The lowest BCUT2D eigenvalue weighted by atomic mass is 10.0. The quantitative estimate of drug-likeness (QED) is 0.234. The zero-order valence-corrected chi connectivity index (χ0v) is 19.5. The maximum atomic E-state index is 13.0. The monoisotopic (exact) mass is 482 g/mol. The van der Waals surface area contributed by atoms with Gasteiger partial charge < -0.3 is 10.4 Å². The summed E-state index contributed by atoms with van der Waals surface area (Å²) in [5.41, 5.74) is 2.89. The van der Waals surface area contributed by atoms with Gasteiger partial charge in [0.25, 0.3) is 5.91 Å². The second-order valence-corrected chi connectivity index (χ2v) is 8.75. The van der Waals surface area contributed by atoms with E-state index in [9.17, 15) is 14.7 Å². The summed E-state index contributed by atoms with van der Waals surface area (Å²) in [5, 5.41) is 25.3. The van der Waals surface area contributed by atoms with Crippen molar-refractivity contribution in [3.05, 3.63) is 96.6 Å². The van der Waals surface area contributed by atoms with Crippen molar-refractivity contribution in [3.8, 4) is 17.1 Å². The van der Waals surface area contributed by atoms with Crippen LogP contribution >= 0.6 is 0 Å². The first-order chi connectivity index (χ1) is 17.6. The number of nitrogens with one attached hydrogen (secondary N) is 2. The summed E-state index contributed by atoms with van der Waals surface area (Å²) in [6.07, 6.45) is 3.71. The van der Waals surface area contributed by atoms with E-state index in [1.54, 1.807) is 10.6 Å². The van der Waals surface area contributed by atoms with Gasteiger partial charge in [0.1, 0.15) is 12.6 Å². The molecule has 2 aromatic carbocycles. The van der Waals surface area contributed by atoms with E-state index in [0.29, 0.717) is 11.5 Å². The molecule has 0 saturated heterocycles. The maximum absolute atomic E-state index is 13.0. The molecular weight excluding hydrogens is 456 g/mol. The second-order valence-electron chi connectivity index (χ2n) is 8.75. The summed E-state index contributed by atoms with van der Waals surface area (Å²) in [7, 11) is 0. The largest absolute Gasteiger partial charge is 0.373 e. The third-order valence-corrected chi connectivity index (χ3v) is 6.01. The maximum Gasteiger partial charge on any atom is 0.289 e. The molecule has 1 saturated carbocycles. The highest BCUT2D eigenvalue weighted by atomic mass is 16.3. The summed E-state index contributed by atoms with van der Waals surface area (Å²) in [6.45, 7) is 0. The Hall–Kier alpha value is -4.21. The van der Waals surface area contributed by atoms with E-state index in [0.717, 1.165) is 29.7 Å². The van der Waals surface area contributed by atoms with Crippen molar-refractivity contribution in [2.75, 3.05) is 0 Å². The Labute approximate surface area is 208 Å². The molecule has 182 valence electrons. The zero-order valence-electron chi connectivity index (χ0n) is 19.5. The van der Waals surface area contributed by atoms with Crippen LogP contribution in [0.3, 0.4) is 0 Å². The number of hydrogen-bond acceptors (Lipinski definition) is 7. The number of Topliss-reactive ketones (excluding diaryl/α,β-unsaturated/α-hetero) is 1. The number of aliphatic hydroxyl groups excluding tert-OH is 1. The average molecular weight is 483 g/mol. The molecule has 2 aromatic heterocycles. The molecule has 36 heavy (non-hydrogen) atoms. The first-order valence-corrected chi connectivity index (χ1v) is 11.8. The Morgan fingerprint density at radius 3 is 2.36 bits per heavy atom. The molecule has 9 heteroatoms. The number of amides is 1. The summed E-state index contributed by atoms with van der Waals surface area (Å²) < 4.78 is 1.59. The normalized spacial score (nSPS) is 14.7. The van der Waals surface area contributed by atoms with Crippen molar-refractivity contribution in [3.63, 3.8) is 0 Å². The predicted octanol–water partition coefficient (Wildman–Crippen LogP) is 2.37. The Morgan fingerprint density at radius 1 is 0.972 bits per heavy atom. The van der Waals surface area contributed by atoms with Gasteiger partial charge in [0, 0.05) is 11.6 Å². The molecule has 9 nitrogen and oxygen atoms in total. The minimum atomic E-state index is -1.28. The average Bonchev–Trinajstić information content (AvgIpc) is 3.59. The number of aliphatic hydroxyl groups is 1. The molecule has 4 aromatic rings. The van der Waals surface area contributed by atoms with Gasteiger partial charge >= 0.3 is 0 Å². The highest BCUT2D eigenvalue weighted by Crippen LogP contribution is 2.21. The lowest BCUT2D eigenvalue weighted by Gasteiger charge is -2.22. The molecule has 2 unspecified atom stereocenters. The van der Waals surface area contributed by atoms with Gasteiger partial charge in [0.15, 0.2) is 5.82 Å². The van der Waals surface area contributed by atoms with E-state index < -0.39 is 24.0 Å². The van der Waals surface area contributed by atoms with E-state index in [1.165, 1.54) is 12.5 Å². The van der Waals surface area contributed by atoms with Crippen molar-refractivity contribution >= 4 is 11.7 Å². The summed E-state index contributed by atoms with van der Waals surface area (Å²) in [4.78, 5) is 29.7. The molecule has 2 atom stereocenters. The number of benzene rings is 2. The van der Waals surface area contributed by atoms with E-state index >= 15 is 0 Å². The van der Waals surface area contributed by atoms with Gasteiger partial charge in [-0.05, 0) is 37.0 Å². The van der Waals surface area contributed by atoms with Crippen LogP contribution in [-0.4, -0.2) is 48.6 Å². The standard InChI is InChI=1S/C27H26N6O3/c34-25(27(36)29-20-11-12-20)22(15-18-7-3-1-4-8-18)30-26(35)23-16-28-17-33(23)24-14-13-21(31-32-24)19-9-5-2-6-10-19/h1-10,13-14,16-17,20,22,26,30,35H,11-12,15H2,(H,29,36). The number of aromatic nitrogens is 4. The van der Waals surface area contributed by atoms with Crippen molar-refractivity contribution in [2.45, 2.75) is 37.6 Å². The third kappa shape index (κ3) is 5.54. The smallest absolute Gasteiger partial charge is 0.289 e. The summed E-state index contributed by atoms with van der Waals surface area (Å²) in [6, 6.07) is 21.8. The Morgan fingerprint density at radius 2 is 1.69 bits per heavy atom. The molecular formula is C27H26N6O3. The van der Waals surface area contributed by atoms with Gasteiger partial charge in [0.2, 0.25) is 5.78 Å². The third-order valence-electron chi connectivity index (χ3n) is 6.01. The first kappa shape index (κ1) is 23.5. The molecule has 2 heterocycles. The fourth-order valence-corrected chi connectivity index (χ4v) is 3.91. The van der Waals surface area contributed by atoms with E-state index in [2.05, 4.69) is 25.8 Å². The number of carbonyl (C=O) groups excluding carboxylic acids is 2. The number of carbonyl (C=O) groups is 2. The lowest BCUT2D eigenvalue weighted by Crippen LogP contribution is -2.48. The van der Waals surface area contributed by atoms with Crippen molar-refractivity contribution in [2.24, 2.45) is 0 Å². The predicted molar refractivity (Wildman–Crippen MR) is 133 cm³/mol. The minimum Gasteiger partial charge on any atom is -0.373 e. The molecule has 1 fully saturated rings.